The van der Waals surface area contributed by atoms with Crippen molar-refractivity contribution in [1.29, 1.82) is 0 Å². The lowest BCUT2D eigenvalue weighted by atomic mass is 9.74. The summed E-state index contributed by atoms with van der Waals surface area (Å²) in [5.41, 5.74) is 0.699. The van der Waals surface area contributed by atoms with Gasteiger partial charge in [0.1, 0.15) is 0 Å². The summed E-state index contributed by atoms with van der Waals surface area (Å²) in [7, 11) is -1.36. The molecule has 17 heavy (non-hydrogen) atoms. The molecule has 2 aliphatic rings. The molecule has 3 rings (SSSR count). The topological polar surface area (TPSA) is 40.5 Å². The Morgan fingerprint density at radius 1 is 1.06 bits per heavy atom. The highest BCUT2D eigenvalue weighted by Crippen LogP contribution is 2.48. The van der Waals surface area contributed by atoms with E-state index in [-0.39, 0.29) is 10.5 Å². The molecule has 1 heterocycles. The number of allylic oxidation sites excluding steroid dienone is 2. The van der Waals surface area contributed by atoms with Gasteiger partial charge >= 0.3 is 7.12 Å². The molecule has 0 bridgehead atoms. The van der Waals surface area contributed by atoms with Gasteiger partial charge in [0.25, 0.3) is 0 Å². The van der Waals surface area contributed by atoms with Crippen molar-refractivity contribution < 1.29 is 10.0 Å². The minimum atomic E-state index is -1.36. The lowest BCUT2D eigenvalue weighted by Crippen LogP contribution is -2.33. The van der Waals surface area contributed by atoms with E-state index in [4.69, 9.17) is 0 Å². The molecule has 2 N–H and O–H groups in total. The fourth-order valence-corrected chi connectivity index (χ4v) is 4.94. The first kappa shape index (κ1) is 11.5. The lowest BCUT2D eigenvalue weighted by Gasteiger charge is -2.33. The second kappa shape index (κ2) is 4.57. The maximum atomic E-state index is 9.39. The van der Waals surface area contributed by atoms with E-state index >= 15 is 0 Å². The number of rotatable bonds is 1. The Morgan fingerprint density at radius 3 is 2.47 bits per heavy atom. The van der Waals surface area contributed by atoms with Gasteiger partial charge in [-0.25, -0.2) is 0 Å². The molecule has 0 spiro atoms. The van der Waals surface area contributed by atoms with Crippen molar-refractivity contribution in [2.24, 2.45) is 0 Å². The summed E-state index contributed by atoms with van der Waals surface area (Å²) in [5, 5.41) is 19.2. The second-order valence-corrected chi connectivity index (χ2v) is 6.40. The van der Waals surface area contributed by atoms with Crippen molar-refractivity contribution in [1.82, 2.24) is 0 Å². The van der Waals surface area contributed by atoms with Crippen molar-refractivity contribution in [2.75, 3.05) is 0 Å². The molecule has 0 saturated heterocycles. The molecule has 2 atom stereocenters. The zero-order valence-electron chi connectivity index (χ0n) is 8.98. The Kier molecular flexibility index (Phi) is 3.09. The predicted molar refractivity (Wildman–Crippen MR) is 73.1 cm³/mol. The van der Waals surface area contributed by atoms with E-state index in [1.165, 1.54) is 9.79 Å². The van der Waals surface area contributed by atoms with Crippen LogP contribution in [0.4, 0.5) is 0 Å². The van der Waals surface area contributed by atoms with Crippen molar-refractivity contribution in [3.63, 3.8) is 0 Å². The zero-order valence-corrected chi connectivity index (χ0v) is 10.6. The molecular weight excluding hydrogens is 251 g/mol. The largest absolute Gasteiger partial charge is 0.485 e. The molecule has 1 aromatic carbocycles. The van der Waals surface area contributed by atoms with Crippen LogP contribution in [0.1, 0.15) is 0 Å². The third-order valence-electron chi connectivity index (χ3n) is 2.88. The van der Waals surface area contributed by atoms with Gasteiger partial charge in [0, 0.05) is 20.3 Å². The van der Waals surface area contributed by atoms with Crippen molar-refractivity contribution in [3.8, 4) is 0 Å². The molecule has 0 radical (unpaired) electrons. The Bertz CT molecular complexity index is 499. The van der Waals surface area contributed by atoms with Crippen molar-refractivity contribution in [2.45, 2.75) is 20.3 Å². The minimum absolute atomic E-state index is 0.125. The summed E-state index contributed by atoms with van der Waals surface area (Å²) in [4.78, 5) is 2.50. The van der Waals surface area contributed by atoms with Crippen LogP contribution in [-0.2, 0) is 0 Å². The average molecular weight is 262 g/mol. The van der Waals surface area contributed by atoms with Crippen molar-refractivity contribution in [3.05, 3.63) is 48.0 Å². The molecular formula is C12H11BO2S2. The van der Waals surface area contributed by atoms with Crippen LogP contribution in [0, 0.1) is 0 Å². The first-order valence-corrected chi connectivity index (χ1v) is 7.18. The highest BCUT2D eigenvalue weighted by atomic mass is 32.2. The number of benzene rings is 1. The van der Waals surface area contributed by atoms with Crippen LogP contribution in [0.5, 0.6) is 0 Å². The van der Waals surface area contributed by atoms with E-state index in [1.54, 1.807) is 23.5 Å². The van der Waals surface area contributed by atoms with Crippen LogP contribution in [0.15, 0.2) is 57.8 Å². The fraction of sp³-hybridized carbons (Fsp3) is 0.167. The molecule has 0 saturated carbocycles. The van der Waals surface area contributed by atoms with Gasteiger partial charge in [-0.3, -0.25) is 0 Å². The van der Waals surface area contributed by atoms with Crippen LogP contribution in [-0.4, -0.2) is 27.7 Å². The third kappa shape index (κ3) is 2.08. The molecule has 86 valence electrons. The zero-order chi connectivity index (χ0) is 11.8. The normalized spacial score (nSPS) is 25.9. The van der Waals surface area contributed by atoms with Gasteiger partial charge in [-0.05, 0) is 17.6 Å². The Balaban J connectivity index is 1.97. The number of hydrogen-bond acceptors (Lipinski definition) is 4. The van der Waals surface area contributed by atoms with Gasteiger partial charge in [-0.15, -0.1) is 23.5 Å². The van der Waals surface area contributed by atoms with Gasteiger partial charge < -0.3 is 10.0 Å². The lowest BCUT2D eigenvalue weighted by molar-refractivity contribution is 0.417. The highest BCUT2D eigenvalue weighted by Gasteiger charge is 2.36. The van der Waals surface area contributed by atoms with E-state index in [0.29, 0.717) is 5.47 Å². The van der Waals surface area contributed by atoms with Crippen molar-refractivity contribution >= 4 is 30.6 Å². The maximum absolute atomic E-state index is 9.39. The van der Waals surface area contributed by atoms with Gasteiger partial charge in [0.05, 0.1) is 0 Å². The standard InChI is InChI=1S/C12H11BO2S2/c14-13(15)8-4-3-7-11-12(8)17-10-6-2-1-5-9(10)16-11/h1-7,11-12,14-15H. The summed E-state index contributed by atoms with van der Waals surface area (Å²) >= 11 is 3.51. The number of hydrogen-bond donors (Lipinski definition) is 2. The van der Waals surface area contributed by atoms with Gasteiger partial charge in [-0.1, -0.05) is 30.4 Å². The first-order valence-electron chi connectivity index (χ1n) is 5.42. The van der Waals surface area contributed by atoms with E-state index in [1.807, 2.05) is 24.3 Å². The summed E-state index contributed by atoms with van der Waals surface area (Å²) in [6, 6.07) is 8.26. The van der Waals surface area contributed by atoms with Gasteiger partial charge in [0.15, 0.2) is 0 Å². The van der Waals surface area contributed by atoms with Crippen LogP contribution in [0.3, 0.4) is 0 Å². The smallest absolute Gasteiger partial charge is 0.423 e. The Labute approximate surface area is 109 Å². The predicted octanol–water partition coefficient (Wildman–Crippen LogP) is 2.13. The Morgan fingerprint density at radius 2 is 1.76 bits per heavy atom. The fourth-order valence-electron chi connectivity index (χ4n) is 2.06. The van der Waals surface area contributed by atoms with Crippen LogP contribution in [0.2, 0.25) is 0 Å². The Hall–Kier alpha value is -0.615. The third-order valence-corrected chi connectivity index (χ3v) is 5.92. The molecule has 1 aliphatic carbocycles. The van der Waals surface area contributed by atoms with E-state index in [0.717, 1.165) is 0 Å². The van der Waals surface area contributed by atoms with Crippen LogP contribution < -0.4 is 0 Å². The molecule has 0 amide bonds. The van der Waals surface area contributed by atoms with E-state index < -0.39 is 7.12 Å². The number of fused-ring (bicyclic) bond motifs is 2. The summed E-state index contributed by atoms with van der Waals surface area (Å²) in [6.07, 6.45) is 5.86. The average Bonchev–Trinajstić information content (AvgIpc) is 2.35. The first-order chi connectivity index (χ1) is 8.25. The molecule has 2 unspecified atom stereocenters. The van der Waals surface area contributed by atoms with Gasteiger partial charge in [0.2, 0.25) is 0 Å². The molecule has 5 heteroatoms. The SMILES string of the molecule is OB(O)C1=CC=CC2Sc3ccccc3SC12. The highest BCUT2D eigenvalue weighted by molar-refractivity contribution is 8.06. The van der Waals surface area contributed by atoms with Crippen LogP contribution in [0.25, 0.3) is 0 Å². The number of thioether (sulfide) groups is 2. The monoisotopic (exact) mass is 262 g/mol. The quantitative estimate of drug-likeness (QED) is 0.761. The molecule has 2 nitrogen and oxygen atoms in total. The molecule has 0 aromatic heterocycles. The summed E-state index contributed by atoms with van der Waals surface area (Å²) < 4.78 is 0. The summed E-state index contributed by atoms with van der Waals surface area (Å²) in [6.45, 7) is 0. The molecule has 1 aliphatic heterocycles. The molecule has 0 fully saturated rings. The van der Waals surface area contributed by atoms with Crippen LogP contribution >= 0.6 is 23.5 Å². The second-order valence-electron chi connectivity index (χ2n) is 3.99. The maximum Gasteiger partial charge on any atom is 0.485 e. The van der Waals surface area contributed by atoms with E-state index in [2.05, 4.69) is 18.2 Å². The molecule has 1 aromatic rings. The van der Waals surface area contributed by atoms with E-state index in [9.17, 15) is 10.0 Å². The summed E-state index contributed by atoms with van der Waals surface area (Å²) in [5.74, 6) is 0. The minimum Gasteiger partial charge on any atom is -0.423 e. The van der Waals surface area contributed by atoms with Gasteiger partial charge in [-0.2, -0.15) is 0 Å².